The van der Waals surface area contributed by atoms with Gasteiger partial charge in [0.05, 0.1) is 31.1 Å². The second-order valence-corrected chi connectivity index (χ2v) is 10.4. The highest BCUT2D eigenvalue weighted by atomic mass is 32.2. The van der Waals surface area contributed by atoms with E-state index in [9.17, 15) is 33.4 Å². The number of hydrogen-bond donors (Lipinski definition) is 0. The van der Waals surface area contributed by atoms with Gasteiger partial charge < -0.3 is 9.80 Å². The van der Waals surface area contributed by atoms with Gasteiger partial charge in [-0.1, -0.05) is 17.4 Å². The van der Waals surface area contributed by atoms with Crippen LogP contribution in [-0.4, -0.2) is 66.5 Å². The van der Waals surface area contributed by atoms with Gasteiger partial charge in [0.2, 0.25) is 0 Å². The normalized spacial score (nSPS) is 14.5. The Kier molecular flexibility index (Phi) is 5.71. The molecule has 1 aliphatic heterocycles. The fraction of sp³-hybridized carbons (Fsp3) is 0.263. The van der Waals surface area contributed by atoms with Crippen molar-refractivity contribution in [3.63, 3.8) is 0 Å². The van der Waals surface area contributed by atoms with Crippen molar-refractivity contribution in [1.29, 1.82) is 0 Å². The van der Waals surface area contributed by atoms with Crippen molar-refractivity contribution in [1.82, 2.24) is 9.88 Å². The molecule has 2 heterocycles. The molecule has 1 fully saturated rings. The average molecular weight is 492 g/mol. The van der Waals surface area contributed by atoms with Gasteiger partial charge in [0, 0.05) is 44.6 Å². The maximum atomic E-state index is 12.9. The molecule has 1 saturated heterocycles. The van der Waals surface area contributed by atoms with Crippen molar-refractivity contribution >= 4 is 53.8 Å². The van der Waals surface area contributed by atoms with E-state index in [0.29, 0.717) is 23.7 Å². The van der Waals surface area contributed by atoms with Crippen LogP contribution in [0.25, 0.3) is 10.2 Å². The highest BCUT2D eigenvalue weighted by molar-refractivity contribution is 7.91. The number of nitro groups is 2. The number of amides is 1. The van der Waals surface area contributed by atoms with Gasteiger partial charge in [-0.05, 0) is 12.1 Å². The van der Waals surface area contributed by atoms with Crippen LogP contribution in [0.15, 0.2) is 41.3 Å². The zero-order valence-corrected chi connectivity index (χ0v) is 18.8. The molecule has 0 N–H and O–H groups in total. The summed E-state index contributed by atoms with van der Waals surface area (Å²) >= 11 is 1.35. The molecule has 0 saturated carbocycles. The molecule has 14 heteroatoms. The Morgan fingerprint density at radius 1 is 1.03 bits per heavy atom. The van der Waals surface area contributed by atoms with Crippen LogP contribution < -0.4 is 4.90 Å². The number of sulfone groups is 1. The summed E-state index contributed by atoms with van der Waals surface area (Å²) in [7, 11) is -3.44. The second-order valence-electron chi connectivity index (χ2n) is 7.40. The van der Waals surface area contributed by atoms with E-state index in [-0.39, 0.29) is 23.5 Å². The minimum Gasteiger partial charge on any atom is -0.345 e. The predicted octanol–water partition coefficient (Wildman–Crippen LogP) is 2.48. The molecule has 4 rings (SSSR count). The number of nitro benzene ring substituents is 2. The Labute approximate surface area is 191 Å². The Morgan fingerprint density at radius 3 is 2.18 bits per heavy atom. The lowest BCUT2D eigenvalue weighted by molar-refractivity contribution is -0.394. The molecule has 0 unspecified atom stereocenters. The van der Waals surface area contributed by atoms with E-state index in [4.69, 9.17) is 0 Å². The Hall–Kier alpha value is -3.65. The van der Waals surface area contributed by atoms with Crippen LogP contribution >= 0.6 is 11.3 Å². The number of nitrogens with zero attached hydrogens (tertiary/aromatic N) is 5. The second kappa shape index (κ2) is 8.37. The van der Waals surface area contributed by atoms with Gasteiger partial charge >= 0.3 is 0 Å². The van der Waals surface area contributed by atoms with Crippen molar-refractivity contribution < 1.29 is 23.1 Å². The molecule has 2 aromatic carbocycles. The van der Waals surface area contributed by atoms with Gasteiger partial charge in [0.25, 0.3) is 17.3 Å². The molecule has 12 nitrogen and oxygen atoms in total. The molecule has 0 radical (unpaired) electrons. The van der Waals surface area contributed by atoms with E-state index in [1.165, 1.54) is 22.3 Å². The van der Waals surface area contributed by atoms with E-state index in [0.717, 1.165) is 29.2 Å². The number of piperazine rings is 1. The number of non-ortho nitro benzene ring substituents is 2. The van der Waals surface area contributed by atoms with Crippen LogP contribution in [0, 0.1) is 20.2 Å². The first-order chi connectivity index (χ1) is 15.5. The molecule has 0 bridgehead atoms. The zero-order valence-electron chi connectivity index (χ0n) is 17.2. The van der Waals surface area contributed by atoms with Gasteiger partial charge in [-0.3, -0.25) is 25.0 Å². The van der Waals surface area contributed by atoms with Crippen molar-refractivity contribution in [3.05, 3.63) is 62.2 Å². The van der Waals surface area contributed by atoms with Crippen LogP contribution in [0.1, 0.15) is 10.4 Å². The molecule has 172 valence electrons. The van der Waals surface area contributed by atoms with Crippen LogP contribution in [0.5, 0.6) is 0 Å². The Bertz CT molecular complexity index is 1360. The number of benzene rings is 2. The molecule has 0 aliphatic carbocycles. The molecule has 1 amide bonds. The van der Waals surface area contributed by atoms with Crippen molar-refractivity contribution in [3.8, 4) is 0 Å². The lowest BCUT2D eigenvalue weighted by Gasteiger charge is -2.34. The zero-order chi connectivity index (χ0) is 23.9. The fourth-order valence-corrected chi connectivity index (χ4v) is 5.50. The smallest absolute Gasteiger partial charge is 0.277 e. The predicted molar refractivity (Wildman–Crippen MR) is 121 cm³/mol. The third kappa shape index (κ3) is 4.47. The summed E-state index contributed by atoms with van der Waals surface area (Å²) in [6.45, 7) is 1.34. The SMILES string of the molecule is CS(=O)(=O)c1cccc2sc(N3CCN(C(=O)c4cc([N+](=O)[O-])cc([N+](=O)[O-])c4)CC3)nc12. The van der Waals surface area contributed by atoms with E-state index in [1.54, 1.807) is 12.1 Å². The monoisotopic (exact) mass is 491 g/mol. The molecule has 3 aromatic rings. The van der Waals surface area contributed by atoms with E-state index in [2.05, 4.69) is 4.98 Å². The van der Waals surface area contributed by atoms with Crippen LogP contribution in [0.4, 0.5) is 16.5 Å². The average Bonchev–Trinajstić information content (AvgIpc) is 3.22. The first kappa shape index (κ1) is 22.5. The number of rotatable bonds is 5. The van der Waals surface area contributed by atoms with Crippen LogP contribution in [-0.2, 0) is 9.84 Å². The van der Waals surface area contributed by atoms with Gasteiger partial charge in [-0.2, -0.15) is 0 Å². The highest BCUT2D eigenvalue weighted by Gasteiger charge is 2.27. The molecule has 0 spiro atoms. The summed E-state index contributed by atoms with van der Waals surface area (Å²) in [5, 5.41) is 22.8. The minimum absolute atomic E-state index is 0.123. The van der Waals surface area contributed by atoms with E-state index < -0.39 is 37.0 Å². The number of anilines is 1. The summed E-state index contributed by atoms with van der Waals surface area (Å²) in [5.74, 6) is -0.537. The van der Waals surface area contributed by atoms with Crippen molar-refractivity contribution in [2.45, 2.75) is 4.90 Å². The highest BCUT2D eigenvalue weighted by Crippen LogP contribution is 2.33. The molecule has 1 aliphatic rings. The first-order valence-corrected chi connectivity index (χ1v) is 12.3. The largest absolute Gasteiger partial charge is 0.345 e. The lowest BCUT2D eigenvalue weighted by atomic mass is 10.1. The third-order valence-corrected chi connectivity index (χ3v) is 7.39. The molecular weight excluding hydrogens is 474 g/mol. The Morgan fingerprint density at radius 2 is 1.64 bits per heavy atom. The van der Waals surface area contributed by atoms with Crippen LogP contribution in [0.2, 0.25) is 0 Å². The molecule has 0 atom stereocenters. The fourth-order valence-electron chi connectivity index (χ4n) is 3.56. The summed E-state index contributed by atoms with van der Waals surface area (Å²) in [4.78, 5) is 41.6. The van der Waals surface area contributed by atoms with Gasteiger partial charge in [0.1, 0.15) is 5.52 Å². The standard InChI is InChI=1S/C19H17N5O7S2/c1-33(30,31)16-4-2-3-15-17(16)20-19(32-15)22-7-5-21(6-8-22)18(25)12-9-13(23(26)27)11-14(10-12)24(28)29/h2-4,9-11H,5-8H2,1H3. The van der Waals surface area contributed by atoms with Crippen molar-refractivity contribution in [2.75, 3.05) is 37.3 Å². The van der Waals surface area contributed by atoms with Gasteiger partial charge in [-0.25, -0.2) is 13.4 Å². The van der Waals surface area contributed by atoms with Crippen molar-refractivity contribution in [2.24, 2.45) is 0 Å². The number of fused-ring (bicyclic) bond motifs is 1. The molecular formula is C19H17N5O7S2. The maximum Gasteiger partial charge on any atom is 0.277 e. The van der Waals surface area contributed by atoms with Gasteiger partial charge in [-0.15, -0.1) is 0 Å². The van der Waals surface area contributed by atoms with E-state index in [1.807, 2.05) is 4.90 Å². The molecule has 33 heavy (non-hydrogen) atoms. The van der Waals surface area contributed by atoms with Crippen LogP contribution in [0.3, 0.4) is 0 Å². The summed E-state index contributed by atoms with van der Waals surface area (Å²) in [5.41, 5.74) is -0.769. The topological polar surface area (TPSA) is 157 Å². The number of carbonyl (C=O) groups excluding carboxylic acids is 1. The summed E-state index contributed by atoms with van der Waals surface area (Å²) in [6.07, 6.45) is 1.13. The minimum atomic E-state index is -3.44. The van der Waals surface area contributed by atoms with E-state index >= 15 is 0 Å². The number of carbonyl (C=O) groups is 1. The quantitative estimate of drug-likeness (QED) is 0.386. The summed E-state index contributed by atoms with van der Waals surface area (Å²) in [6, 6.07) is 7.84. The summed E-state index contributed by atoms with van der Waals surface area (Å²) < 4.78 is 24.8. The maximum absolute atomic E-state index is 12.9. The number of para-hydroxylation sites is 1. The first-order valence-electron chi connectivity index (χ1n) is 9.62. The number of hydrogen-bond acceptors (Lipinski definition) is 10. The Balaban J connectivity index is 1.53. The lowest BCUT2D eigenvalue weighted by Crippen LogP contribution is -2.48. The number of thiazole rings is 1. The van der Waals surface area contributed by atoms with Gasteiger partial charge in [0.15, 0.2) is 15.0 Å². The molecule has 1 aromatic heterocycles. The third-order valence-electron chi connectivity index (χ3n) is 5.18. The number of aromatic nitrogens is 1.